The Morgan fingerprint density at radius 1 is 1.25 bits per heavy atom. The number of benzene rings is 1. The molecule has 0 saturated carbocycles. The summed E-state index contributed by atoms with van der Waals surface area (Å²) in [4.78, 5) is 12.8. The number of carbonyl (C=O) groups excluding carboxylic acids is 1. The normalized spacial score (nSPS) is 13.0. The molecule has 0 bridgehead atoms. The van der Waals surface area contributed by atoms with Gasteiger partial charge in [-0.2, -0.15) is 18.3 Å². The number of thiophene rings is 1. The van der Waals surface area contributed by atoms with Crippen molar-refractivity contribution in [2.24, 2.45) is 0 Å². The first-order valence-electron chi connectivity index (χ1n) is 8.59. The minimum Gasteiger partial charge on any atom is -0.462 e. The smallest absolute Gasteiger partial charge is 0.416 e. The summed E-state index contributed by atoms with van der Waals surface area (Å²) in [6.07, 6.45) is -1.34. The van der Waals surface area contributed by atoms with E-state index in [0.717, 1.165) is 46.7 Å². The molecule has 1 aliphatic carbocycles. The Kier molecular flexibility index (Phi) is 4.62. The van der Waals surface area contributed by atoms with E-state index in [-0.39, 0.29) is 12.4 Å². The molecule has 0 spiro atoms. The molecule has 0 atom stereocenters. The second-order valence-electron chi connectivity index (χ2n) is 6.19. The molecule has 1 N–H and O–H groups in total. The molecule has 0 saturated heterocycles. The molecule has 0 fully saturated rings. The third-order valence-electron chi connectivity index (χ3n) is 4.44. The van der Waals surface area contributed by atoms with E-state index in [0.29, 0.717) is 21.9 Å². The van der Waals surface area contributed by atoms with Crippen LogP contribution in [-0.2, 0) is 23.8 Å². The number of H-pyrrole nitrogens is 1. The Balaban J connectivity index is 1.74. The van der Waals surface area contributed by atoms with Crippen LogP contribution in [0.4, 0.5) is 13.2 Å². The molecule has 1 aromatic carbocycles. The van der Waals surface area contributed by atoms with E-state index in [1.54, 1.807) is 13.1 Å². The zero-order chi connectivity index (χ0) is 19.9. The lowest BCUT2D eigenvalue weighted by Crippen LogP contribution is -2.08. The third-order valence-corrected chi connectivity index (χ3v) is 5.53. The number of rotatable bonds is 4. The van der Waals surface area contributed by atoms with Gasteiger partial charge >= 0.3 is 12.1 Å². The molecule has 0 aliphatic heterocycles. The van der Waals surface area contributed by atoms with E-state index in [1.807, 2.05) is 0 Å². The molecule has 4 rings (SSSR count). The SMILES string of the molecule is CCOC(=O)c1sc(Oc2ccc(C(F)(F)F)cc2)c2c1CCc1cn[nH]c1-2. The van der Waals surface area contributed by atoms with Gasteiger partial charge in [-0.25, -0.2) is 4.79 Å². The second-order valence-corrected chi connectivity index (χ2v) is 7.17. The number of alkyl halides is 3. The van der Waals surface area contributed by atoms with Crippen LogP contribution in [0.15, 0.2) is 30.5 Å². The van der Waals surface area contributed by atoms with Gasteiger partial charge < -0.3 is 9.47 Å². The number of hydrogen-bond donors (Lipinski definition) is 1. The maximum Gasteiger partial charge on any atom is 0.416 e. The van der Waals surface area contributed by atoms with Crippen molar-refractivity contribution < 1.29 is 27.4 Å². The zero-order valence-corrected chi connectivity index (χ0v) is 15.5. The molecule has 0 unspecified atom stereocenters. The number of carbonyl (C=O) groups is 1. The van der Waals surface area contributed by atoms with Gasteiger partial charge in [0.05, 0.1) is 29.6 Å². The lowest BCUT2D eigenvalue weighted by molar-refractivity contribution is -0.137. The summed E-state index contributed by atoms with van der Waals surface area (Å²) in [7, 11) is 0. The molecular formula is C19H15F3N2O3S. The Morgan fingerprint density at radius 2 is 2.00 bits per heavy atom. The van der Waals surface area contributed by atoms with Gasteiger partial charge in [0.15, 0.2) is 5.06 Å². The minimum absolute atomic E-state index is 0.246. The zero-order valence-electron chi connectivity index (χ0n) is 14.7. The summed E-state index contributed by atoms with van der Waals surface area (Å²) < 4.78 is 49.3. The topological polar surface area (TPSA) is 64.2 Å². The monoisotopic (exact) mass is 408 g/mol. The number of halogens is 3. The molecule has 0 radical (unpaired) electrons. The van der Waals surface area contributed by atoms with E-state index < -0.39 is 17.7 Å². The number of nitrogens with zero attached hydrogens (tertiary/aromatic N) is 1. The van der Waals surface area contributed by atoms with E-state index >= 15 is 0 Å². The van der Waals surface area contributed by atoms with Crippen LogP contribution in [0.3, 0.4) is 0 Å². The highest BCUT2D eigenvalue weighted by molar-refractivity contribution is 7.16. The Morgan fingerprint density at radius 3 is 2.68 bits per heavy atom. The average molecular weight is 408 g/mol. The lowest BCUT2D eigenvalue weighted by atomic mass is 9.92. The molecule has 1 aliphatic rings. The first-order valence-corrected chi connectivity index (χ1v) is 9.40. The van der Waals surface area contributed by atoms with E-state index in [4.69, 9.17) is 9.47 Å². The van der Waals surface area contributed by atoms with Crippen LogP contribution < -0.4 is 4.74 Å². The van der Waals surface area contributed by atoms with Crippen LogP contribution >= 0.6 is 11.3 Å². The minimum atomic E-state index is -4.41. The van der Waals surface area contributed by atoms with E-state index in [9.17, 15) is 18.0 Å². The Labute approximate surface area is 162 Å². The Bertz CT molecular complexity index is 1020. The summed E-state index contributed by atoms with van der Waals surface area (Å²) in [6, 6.07) is 4.44. The standard InChI is InChI=1S/C19H15F3N2O3S/c1-2-26-17(25)16-13-8-3-10-9-23-24-15(10)14(13)18(28-16)27-12-6-4-11(5-7-12)19(20,21)22/h4-7,9H,2-3,8H2,1H3,(H,23,24). The number of ether oxygens (including phenoxy) is 2. The van der Waals surface area contributed by atoms with Crippen LogP contribution in [0.2, 0.25) is 0 Å². The fourth-order valence-electron chi connectivity index (χ4n) is 3.16. The van der Waals surface area contributed by atoms with Crippen molar-refractivity contribution >= 4 is 17.3 Å². The number of fused-ring (bicyclic) bond motifs is 3. The van der Waals surface area contributed by atoms with Crippen molar-refractivity contribution in [3.8, 4) is 22.1 Å². The number of aromatic nitrogens is 2. The van der Waals surface area contributed by atoms with Crippen molar-refractivity contribution in [3.05, 3.63) is 52.0 Å². The Hall–Kier alpha value is -2.81. The van der Waals surface area contributed by atoms with Crippen molar-refractivity contribution in [2.45, 2.75) is 25.9 Å². The summed E-state index contributed by atoms with van der Waals surface area (Å²) in [5, 5.41) is 7.41. The van der Waals surface area contributed by atoms with Crippen LogP contribution in [0.5, 0.6) is 10.8 Å². The first kappa shape index (κ1) is 18.5. The first-order chi connectivity index (χ1) is 13.4. The van der Waals surface area contributed by atoms with Gasteiger partial charge in [0.2, 0.25) is 0 Å². The molecule has 9 heteroatoms. The van der Waals surface area contributed by atoms with Gasteiger partial charge in [0, 0.05) is 0 Å². The number of aromatic amines is 1. The van der Waals surface area contributed by atoms with Crippen LogP contribution in [0, 0.1) is 0 Å². The van der Waals surface area contributed by atoms with Gasteiger partial charge in [-0.1, -0.05) is 11.3 Å². The molecular weight excluding hydrogens is 393 g/mol. The summed E-state index contributed by atoms with van der Waals surface area (Å²) in [5.41, 5.74) is 2.53. The predicted molar refractivity (Wildman–Crippen MR) is 96.8 cm³/mol. The molecule has 2 aromatic heterocycles. The molecule has 2 heterocycles. The van der Waals surface area contributed by atoms with Gasteiger partial charge in [-0.05, 0) is 55.2 Å². The summed E-state index contributed by atoms with van der Waals surface area (Å²) in [6.45, 7) is 1.97. The quantitative estimate of drug-likeness (QED) is 0.601. The van der Waals surface area contributed by atoms with Crippen molar-refractivity contribution in [3.63, 3.8) is 0 Å². The largest absolute Gasteiger partial charge is 0.462 e. The second kappa shape index (κ2) is 6.97. The molecule has 146 valence electrons. The highest BCUT2D eigenvalue weighted by Crippen LogP contribution is 2.48. The fourth-order valence-corrected chi connectivity index (χ4v) is 4.28. The maximum absolute atomic E-state index is 12.8. The van der Waals surface area contributed by atoms with Crippen LogP contribution in [0.1, 0.15) is 33.3 Å². The molecule has 3 aromatic rings. The van der Waals surface area contributed by atoms with Gasteiger partial charge in [0.25, 0.3) is 0 Å². The number of nitrogens with one attached hydrogen (secondary N) is 1. The van der Waals surface area contributed by atoms with Crippen LogP contribution in [0.25, 0.3) is 11.3 Å². The van der Waals surface area contributed by atoms with Crippen molar-refractivity contribution in [1.29, 1.82) is 0 Å². The number of esters is 1. The van der Waals surface area contributed by atoms with Crippen LogP contribution in [-0.4, -0.2) is 22.8 Å². The van der Waals surface area contributed by atoms with E-state index in [1.165, 1.54) is 12.1 Å². The summed E-state index contributed by atoms with van der Waals surface area (Å²) >= 11 is 1.13. The maximum atomic E-state index is 12.8. The molecule has 5 nitrogen and oxygen atoms in total. The average Bonchev–Trinajstić information content (AvgIpc) is 3.26. The van der Waals surface area contributed by atoms with Gasteiger partial charge in [0.1, 0.15) is 10.6 Å². The summed E-state index contributed by atoms with van der Waals surface area (Å²) in [5.74, 6) is -0.187. The molecule has 28 heavy (non-hydrogen) atoms. The number of hydrogen-bond acceptors (Lipinski definition) is 5. The number of aryl methyl sites for hydroxylation is 1. The van der Waals surface area contributed by atoms with Crippen molar-refractivity contribution in [1.82, 2.24) is 10.2 Å². The highest BCUT2D eigenvalue weighted by atomic mass is 32.1. The molecule has 0 amide bonds. The van der Waals surface area contributed by atoms with Gasteiger partial charge in [-0.15, -0.1) is 0 Å². The highest BCUT2D eigenvalue weighted by Gasteiger charge is 2.32. The predicted octanol–water partition coefficient (Wildman–Crippen LogP) is 5.22. The fraction of sp³-hybridized carbons (Fsp3) is 0.263. The van der Waals surface area contributed by atoms with Crippen molar-refractivity contribution in [2.75, 3.05) is 6.61 Å². The third kappa shape index (κ3) is 3.26. The van der Waals surface area contributed by atoms with E-state index in [2.05, 4.69) is 10.2 Å². The lowest BCUT2D eigenvalue weighted by Gasteiger charge is -2.14. The van der Waals surface area contributed by atoms with Gasteiger partial charge in [-0.3, -0.25) is 5.10 Å².